The normalized spacial score (nSPS) is 13.6. The van der Waals surface area contributed by atoms with Crippen molar-refractivity contribution in [3.8, 4) is 0 Å². The van der Waals surface area contributed by atoms with Gasteiger partial charge in [0.15, 0.2) is 5.82 Å². The summed E-state index contributed by atoms with van der Waals surface area (Å²) in [6, 6.07) is 8.58. The molecule has 3 rings (SSSR count). The smallest absolute Gasteiger partial charge is 0.267 e. The Morgan fingerprint density at radius 1 is 1.00 bits per heavy atom. The molecule has 2 heterocycles. The molecule has 1 aromatic carbocycles. The van der Waals surface area contributed by atoms with Gasteiger partial charge < -0.3 is 10.1 Å². The van der Waals surface area contributed by atoms with E-state index in [0.29, 0.717) is 22.9 Å². The fourth-order valence-electron chi connectivity index (χ4n) is 2.92. The van der Waals surface area contributed by atoms with Crippen molar-refractivity contribution in [2.75, 3.05) is 17.8 Å². The molecule has 0 aliphatic rings. The van der Waals surface area contributed by atoms with Crippen LogP contribution in [0.25, 0.3) is 10.8 Å². The van der Waals surface area contributed by atoms with Crippen LogP contribution in [0.2, 0.25) is 0 Å². The van der Waals surface area contributed by atoms with Crippen LogP contribution in [0.5, 0.6) is 0 Å². The summed E-state index contributed by atoms with van der Waals surface area (Å²) in [6.45, 7) is 5.20. The molecule has 0 spiro atoms. The zero-order chi connectivity index (χ0) is 23.0. The van der Waals surface area contributed by atoms with Crippen molar-refractivity contribution < 1.29 is 25.8 Å². The van der Waals surface area contributed by atoms with Gasteiger partial charge in [0.1, 0.15) is 5.82 Å². The Morgan fingerprint density at radius 3 is 2.29 bits per heavy atom. The molecule has 0 aliphatic carbocycles. The molecule has 2 aromatic heterocycles. The van der Waals surface area contributed by atoms with Crippen LogP contribution in [0, 0.1) is 6.92 Å². The second-order valence-corrected chi connectivity index (χ2v) is 10.8. The van der Waals surface area contributed by atoms with Gasteiger partial charge in [0, 0.05) is 23.2 Å². The Labute approximate surface area is 181 Å². The van der Waals surface area contributed by atoms with Gasteiger partial charge in [-0.05, 0) is 38.3 Å². The van der Waals surface area contributed by atoms with Crippen molar-refractivity contribution in [1.82, 2.24) is 14.2 Å². The first kappa shape index (κ1) is 23.1. The van der Waals surface area contributed by atoms with Gasteiger partial charge in [0.2, 0.25) is 6.29 Å². The first-order valence-electron chi connectivity index (χ1n) is 9.29. The van der Waals surface area contributed by atoms with Gasteiger partial charge in [0.25, 0.3) is 20.1 Å². The van der Waals surface area contributed by atoms with E-state index in [1.54, 1.807) is 57.3 Å². The first-order valence-corrected chi connectivity index (χ1v) is 13.0. The number of hydrogen-bond donors (Lipinski definition) is 1. The molecule has 1 N–H and O–H groups in total. The Bertz CT molecular complexity index is 1320. The predicted octanol–water partition coefficient (Wildman–Crippen LogP) is 2.69. The molecule has 168 valence electrons. The second-order valence-electron chi connectivity index (χ2n) is 7.40. The number of fused-ring (bicyclic) bond motifs is 1. The summed E-state index contributed by atoms with van der Waals surface area (Å²) in [7, 11) is -7.25. The number of pyridine rings is 1. The number of rotatable bonds is 8. The van der Waals surface area contributed by atoms with Gasteiger partial charge in [-0.3, -0.25) is 0 Å². The molecule has 0 radical (unpaired) electrons. The van der Waals surface area contributed by atoms with Gasteiger partial charge in [-0.2, -0.15) is 12.5 Å². The molecular weight excluding hydrogens is 444 g/mol. The highest BCUT2D eigenvalue weighted by atomic mass is 32.2. The number of aryl methyl sites for hydroxylation is 1. The molecule has 12 heteroatoms. The van der Waals surface area contributed by atoms with Gasteiger partial charge in [-0.15, -0.1) is 5.10 Å². The van der Waals surface area contributed by atoms with Gasteiger partial charge in [0.05, 0.1) is 24.3 Å². The van der Waals surface area contributed by atoms with Crippen LogP contribution < -0.4 is 5.32 Å². The molecule has 0 bridgehead atoms. The molecule has 0 fully saturated rings. The van der Waals surface area contributed by atoms with Gasteiger partial charge >= 0.3 is 0 Å². The van der Waals surface area contributed by atoms with Crippen LogP contribution in [0.1, 0.15) is 31.4 Å². The Balaban J connectivity index is 1.94. The monoisotopic (exact) mass is 468 g/mol. The molecule has 3 aromatic rings. The van der Waals surface area contributed by atoms with Crippen LogP contribution in [-0.4, -0.2) is 49.6 Å². The Morgan fingerprint density at radius 2 is 1.71 bits per heavy atom. The fraction of sp³-hybridized carbons (Fsp3) is 0.368. The summed E-state index contributed by atoms with van der Waals surface area (Å²) in [5.41, 5.74) is 0.987. The molecule has 0 amide bonds. The van der Waals surface area contributed by atoms with Gasteiger partial charge in [-0.25, -0.2) is 17.6 Å². The van der Waals surface area contributed by atoms with E-state index in [4.69, 9.17) is 8.92 Å². The summed E-state index contributed by atoms with van der Waals surface area (Å²) in [6.07, 6.45) is 2.33. The molecule has 31 heavy (non-hydrogen) atoms. The highest BCUT2D eigenvalue weighted by molar-refractivity contribution is 7.89. The van der Waals surface area contributed by atoms with Crippen molar-refractivity contribution in [3.63, 3.8) is 0 Å². The summed E-state index contributed by atoms with van der Waals surface area (Å²) in [4.78, 5) is 4.32. The number of ether oxygens (including phenoxy) is 1. The second kappa shape index (κ2) is 8.54. The number of aromatic nitrogens is 3. The maximum Gasteiger partial charge on any atom is 0.267 e. The Hall–Kier alpha value is -2.54. The number of nitrogens with zero attached hydrogens (tertiary/aromatic N) is 3. The quantitative estimate of drug-likeness (QED) is 0.392. The zero-order valence-electron chi connectivity index (χ0n) is 17.7. The third-order valence-electron chi connectivity index (χ3n) is 4.09. The number of hydrogen-bond acceptors (Lipinski definition) is 9. The van der Waals surface area contributed by atoms with E-state index in [1.807, 2.05) is 0 Å². The Kier molecular flexibility index (Phi) is 6.37. The highest BCUT2D eigenvalue weighted by Crippen LogP contribution is 2.28. The third kappa shape index (κ3) is 6.00. The standard InChI is InChI=1S/C19H24N4O6S2/c1-12(2)28-19(29-31(5,26)27)14-6-7-15-11-20-17(10-16(15)9-14)21-18-8-13(3)23(22-18)30(4,24)25/h6-12,19H,1-5H3,(H,20,21,22). The minimum atomic E-state index is -3.74. The van der Waals surface area contributed by atoms with E-state index in [9.17, 15) is 16.8 Å². The summed E-state index contributed by atoms with van der Waals surface area (Å²) in [5.74, 6) is 0.764. The van der Waals surface area contributed by atoms with E-state index in [0.717, 1.165) is 27.4 Å². The molecule has 0 saturated heterocycles. The van der Waals surface area contributed by atoms with Crippen LogP contribution in [0.15, 0.2) is 36.5 Å². The summed E-state index contributed by atoms with van der Waals surface area (Å²) in [5, 5.41) is 8.60. The number of anilines is 2. The van der Waals surface area contributed by atoms with Gasteiger partial charge in [-0.1, -0.05) is 12.1 Å². The lowest BCUT2D eigenvalue weighted by atomic mass is 10.1. The van der Waals surface area contributed by atoms with Crippen molar-refractivity contribution in [2.45, 2.75) is 33.2 Å². The summed E-state index contributed by atoms with van der Waals surface area (Å²) >= 11 is 0. The lowest BCUT2D eigenvalue weighted by molar-refractivity contribution is -0.107. The topological polar surface area (TPSA) is 129 Å². The van der Waals surface area contributed by atoms with Crippen LogP contribution in [0.4, 0.5) is 11.6 Å². The van der Waals surface area contributed by atoms with Crippen molar-refractivity contribution in [3.05, 3.63) is 47.8 Å². The van der Waals surface area contributed by atoms with E-state index in [1.165, 1.54) is 0 Å². The van der Waals surface area contributed by atoms with Crippen molar-refractivity contribution in [2.24, 2.45) is 0 Å². The zero-order valence-corrected chi connectivity index (χ0v) is 19.4. The molecule has 0 aliphatic heterocycles. The van der Waals surface area contributed by atoms with Crippen LogP contribution in [-0.2, 0) is 29.1 Å². The molecule has 1 unspecified atom stereocenters. The molecule has 1 atom stereocenters. The maximum absolute atomic E-state index is 11.8. The largest absolute Gasteiger partial charge is 0.345 e. The van der Waals surface area contributed by atoms with E-state index < -0.39 is 26.4 Å². The van der Waals surface area contributed by atoms with Crippen molar-refractivity contribution in [1.29, 1.82) is 0 Å². The average molecular weight is 469 g/mol. The van der Waals surface area contributed by atoms with E-state index in [-0.39, 0.29) is 6.10 Å². The van der Waals surface area contributed by atoms with Crippen LogP contribution >= 0.6 is 0 Å². The first-order chi connectivity index (χ1) is 14.3. The lowest BCUT2D eigenvalue weighted by Gasteiger charge is -2.20. The average Bonchev–Trinajstić information content (AvgIpc) is 2.99. The minimum absolute atomic E-state index is 0.259. The molecule has 10 nitrogen and oxygen atoms in total. The SMILES string of the molecule is Cc1cc(Nc2cc3cc(C(OC(C)C)OS(C)(=O)=O)ccc3cn2)nn1S(C)(=O)=O. The summed E-state index contributed by atoms with van der Waals surface area (Å²) < 4.78 is 58.5. The molecule has 0 saturated carbocycles. The lowest BCUT2D eigenvalue weighted by Crippen LogP contribution is -2.17. The maximum atomic E-state index is 11.8. The fourth-order valence-corrected chi connectivity index (χ4v) is 4.21. The van der Waals surface area contributed by atoms with Crippen molar-refractivity contribution >= 4 is 42.5 Å². The predicted molar refractivity (Wildman–Crippen MR) is 117 cm³/mol. The highest BCUT2D eigenvalue weighted by Gasteiger charge is 2.20. The number of benzene rings is 1. The minimum Gasteiger partial charge on any atom is -0.345 e. The molecular formula is C19H24N4O6S2. The third-order valence-corrected chi connectivity index (χ3v) is 5.61. The number of nitrogens with one attached hydrogen (secondary N) is 1. The van der Waals surface area contributed by atoms with E-state index >= 15 is 0 Å². The van der Waals surface area contributed by atoms with Crippen LogP contribution in [0.3, 0.4) is 0 Å². The van der Waals surface area contributed by atoms with E-state index in [2.05, 4.69) is 15.4 Å².